The largest absolute Gasteiger partial charge is 0.345 e. The Morgan fingerprint density at radius 2 is 1.73 bits per heavy atom. The molecule has 0 saturated carbocycles. The van der Waals surface area contributed by atoms with Crippen molar-refractivity contribution < 1.29 is 9.59 Å². The molecular formula is C22H28N2O2. The molecule has 2 amide bonds. The van der Waals surface area contributed by atoms with Crippen LogP contribution in [0.15, 0.2) is 42.5 Å². The number of carbonyl (C=O) groups is 2. The molecule has 0 N–H and O–H groups in total. The average Bonchev–Trinajstić information content (AvgIpc) is 2.66. The Bertz CT molecular complexity index is 786. The number of hydrogen-bond donors (Lipinski definition) is 0. The maximum absolute atomic E-state index is 13.0. The summed E-state index contributed by atoms with van der Waals surface area (Å²) >= 11 is 0. The summed E-state index contributed by atoms with van der Waals surface area (Å²) < 4.78 is 0. The van der Waals surface area contributed by atoms with Gasteiger partial charge in [0.15, 0.2) is 0 Å². The van der Waals surface area contributed by atoms with E-state index in [1.165, 1.54) is 0 Å². The number of rotatable bonds is 4. The first-order chi connectivity index (χ1) is 12.5. The van der Waals surface area contributed by atoms with E-state index in [0.717, 1.165) is 35.7 Å². The average molecular weight is 352 g/mol. The molecule has 0 aromatic heterocycles. The predicted molar refractivity (Wildman–Crippen MR) is 105 cm³/mol. The second-order valence-corrected chi connectivity index (χ2v) is 7.71. The van der Waals surface area contributed by atoms with Crippen LogP contribution in [0.4, 0.5) is 0 Å². The quantitative estimate of drug-likeness (QED) is 0.840. The Morgan fingerprint density at radius 1 is 1.08 bits per heavy atom. The number of fused-ring (bicyclic) bond motifs is 1. The van der Waals surface area contributed by atoms with Gasteiger partial charge in [0, 0.05) is 38.2 Å². The molecule has 1 aliphatic rings. The highest BCUT2D eigenvalue weighted by atomic mass is 16.2. The van der Waals surface area contributed by atoms with Crippen molar-refractivity contribution in [3.63, 3.8) is 0 Å². The molecule has 1 saturated heterocycles. The lowest BCUT2D eigenvalue weighted by atomic mass is 9.94. The smallest absolute Gasteiger partial charge is 0.254 e. The lowest BCUT2D eigenvalue weighted by molar-refractivity contribution is -0.136. The van der Waals surface area contributed by atoms with Crippen molar-refractivity contribution in [2.45, 2.75) is 26.7 Å². The van der Waals surface area contributed by atoms with Crippen molar-refractivity contribution in [3.05, 3.63) is 48.0 Å². The van der Waals surface area contributed by atoms with E-state index in [1.807, 2.05) is 59.3 Å². The van der Waals surface area contributed by atoms with Gasteiger partial charge in [-0.3, -0.25) is 9.59 Å². The van der Waals surface area contributed by atoms with Crippen LogP contribution in [0.3, 0.4) is 0 Å². The van der Waals surface area contributed by atoms with Gasteiger partial charge in [-0.1, -0.05) is 50.2 Å². The summed E-state index contributed by atoms with van der Waals surface area (Å²) in [5, 5.41) is 2.08. The van der Waals surface area contributed by atoms with Crippen molar-refractivity contribution >= 4 is 22.6 Å². The summed E-state index contributed by atoms with van der Waals surface area (Å²) in [6.45, 7) is 6.32. The first-order valence-electron chi connectivity index (χ1n) is 9.49. The standard InChI is InChI=1S/C22H28N2O2/c1-16(2)15-23(3)21(25)18-11-13-24(14-12-18)22(26)20-10-6-8-17-7-4-5-9-19(17)20/h4-10,16,18H,11-15H2,1-3H3. The molecule has 1 heterocycles. The van der Waals surface area contributed by atoms with Crippen LogP contribution in [-0.4, -0.2) is 48.3 Å². The van der Waals surface area contributed by atoms with Crippen molar-refractivity contribution in [2.24, 2.45) is 11.8 Å². The Labute approximate surface area is 155 Å². The Hall–Kier alpha value is -2.36. The third-order valence-corrected chi connectivity index (χ3v) is 5.17. The molecule has 3 rings (SSSR count). The zero-order valence-corrected chi connectivity index (χ0v) is 15.9. The zero-order chi connectivity index (χ0) is 18.7. The number of hydrogen-bond acceptors (Lipinski definition) is 2. The highest BCUT2D eigenvalue weighted by Gasteiger charge is 2.30. The molecule has 2 aromatic carbocycles. The van der Waals surface area contributed by atoms with Crippen LogP contribution in [0.2, 0.25) is 0 Å². The molecule has 4 nitrogen and oxygen atoms in total. The second kappa shape index (κ2) is 7.90. The fourth-order valence-corrected chi connectivity index (χ4v) is 3.86. The molecule has 0 bridgehead atoms. The molecular weight excluding hydrogens is 324 g/mol. The van der Waals surface area contributed by atoms with E-state index in [0.29, 0.717) is 19.0 Å². The van der Waals surface area contributed by atoms with Crippen LogP contribution in [0.25, 0.3) is 10.8 Å². The van der Waals surface area contributed by atoms with E-state index in [4.69, 9.17) is 0 Å². The van der Waals surface area contributed by atoms with Gasteiger partial charge in [-0.25, -0.2) is 0 Å². The van der Waals surface area contributed by atoms with Crippen LogP contribution in [-0.2, 0) is 4.79 Å². The molecule has 0 spiro atoms. The highest BCUT2D eigenvalue weighted by molar-refractivity contribution is 6.07. The first kappa shape index (κ1) is 18.4. The van der Waals surface area contributed by atoms with Gasteiger partial charge in [0.05, 0.1) is 0 Å². The molecule has 0 aliphatic carbocycles. The van der Waals surface area contributed by atoms with Crippen LogP contribution in [0.1, 0.15) is 37.0 Å². The third kappa shape index (κ3) is 3.90. The third-order valence-electron chi connectivity index (χ3n) is 5.17. The van der Waals surface area contributed by atoms with E-state index < -0.39 is 0 Å². The minimum Gasteiger partial charge on any atom is -0.345 e. The summed E-state index contributed by atoms with van der Waals surface area (Å²) in [5.41, 5.74) is 0.754. The Kier molecular flexibility index (Phi) is 5.60. The minimum absolute atomic E-state index is 0.0373. The van der Waals surface area contributed by atoms with Crippen molar-refractivity contribution in [1.29, 1.82) is 0 Å². The molecule has 0 radical (unpaired) electrons. The second-order valence-electron chi connectivity index (χ2n) is 7.71. The fourth-order valence-electron chi connectivity index (χ4n) is 3.86. The minimum atomic E-state index is 0.0373. The van der Waals surface area contributed by atoms with Gasteiger partial charge < -0.3 is 9.80 Å². The molecule has 0 unspecified atom stereocenters. The maximum atomic E-state index is 13.0. The van der Waals surface area contributed by atoms with Crippen LogP contribution >= 0.6 is 0 Å². The van der Waals surface area contributed by atoms with E-state index in [1.54, 1.807) is 0 Å². The van der Waals surface area contributed by atoms with Crippen molar-refractivity contribution in [3.8, 4) is 0 Å². The normalized spacial score (nSPS) is 15.5. The Morgan fingerprint density at radius 3 is 2.42 bits per heavy atom. The topological polar surface area (TPSA) is 40.6 Å². The van der Waals surface area contributed by atoms with E-state index in [2.05, 4.69) is 13.8 Å². The highest BCUT2D eigenvalue weighted by Crippen LogP contribution is 2.24. The lowest BCUT2D eigenvalue weighted by Gasteiger charge is -2.33. The SMILES string of the molecule is CC(C)CN(C)C(=O)C1CCN(C(=O)c2cccc3ccccc23)CC1. The lowest BCUT2D eigenvalue weighted by Crippen LogP contribution is -2.44. The zero-order valence-electron chi connectivity index (χ0n) is 15.9. The number of likely N-dealkylation sites (tertiary alicyclic amines) is 1. The van der Waals surface area contributed by atoms with Crippen LogP contribution < -0.4 is 0 Å². The molecule has 1 fully saturated rings. The Balaban J connectivity index is 1.66. The monoisotopic (exact) mass is 352 g/mol. The summed E-state index contributed by atoms with van der Waals surface area (Å²) in [4.78, 5) is 29.3. The molecule has 4 heteroatoms. The molecule has 2 aromatic rings. The number of benzene rings is 2. The number of nitrogens with zero attached hydrogens (tertiary/aromatic N) is 2. The van der Waals surface area contributed by atoms with Gasteiger partial charge in [-0.15, -0.1) is 0 Å². The van der Waals surface area contributed by atoms with Crippen molar-refractivity contribution in [1.82, 2.24) is 9.80 Å². The number of piperidine rings is 1. The molecule has 26 heavy (non-hydrogen) atoms. The van der Waals surface area contributed by atoms with Gasteiger partial charge >= 0.3 is 0 Å². The first-order valence-corrected chi connectivity index (χ1v) is 9.49. The van der Waals surface area contributed by atoms with Gasteiger partial charge in [-0.05, 0) is 35.6 Å². The van der Waals surface area contributed by atoms with E-state index >= 15 is 0 Å². The van der Waals surface area contributed by atoms with E-state index in [-0.39, 0.29) is 17.7 Å². The van der Waals surface area contributed by atoms with E-state index in [9.17, 15) is 9.59 Å². The molecule has 138 valence electrons. The van der Waals surface area contributed by atoms with Gasteiger partial charge in [0.1, 0.15) is 0 Å². The van der Waals surface area contributed by atoms with Crippen LogP contribution in [0, 0.1) is 11.8 Å². The predicted octanol–water partition coefficient (Wildman–Crippen LogP) is 3.81. The molecule has 1 aliphatic heterocycles. The summed E-state index contributed by atoms with van der Waals surface area (Å²) in [5.74, 6) is 0.798. The summed E-state index contributed by atoms with van der Waals surface area (Å²) in [6, 6.07) is 13.9. The van der Waals surface area contributed by atoms with Gasteiger partial charge in [0.25, 0.3) is 5.91 Å². The van der Waals surface area contributed by atoms with Gasteiger partial charge in [-0.2, -0.15) is 0 Å². The van der Waals surface area contributed by atoms with Gasteiger partial charge in [0.2, 0.25) is 5.91 Å². The van der Waals surface area contributed by atoms with Crippen LogP contribution in [0.5, 0.6) is 0 Å². The summed E-state index contributed by atoms with van der Waals surface area (Å²) in [6.07, 6.45) is 1.50. The maximum Gasteiger partial charge on any atom is 0.254 e. The summed E-state index contributed by atoms with van der Waals surface area (Å²) in [7, 11) is 1.88. The molecule has 0 atom stereocenters. The van der Waals surface area contributed by atoms with Crippen molar-refractivity contribution in [2.75, 3.05) is 26.7 Å². The fraction of sp³-hybridized carbons (Fsp3) is 0.455. The number of amides is 2. The number of carbonyl (C=O) groups excluding carboxylic acids is 2.